The van der Waals surface area contributed by atoms with E-state index in [1.54, 1.807) is 6.92 Å². The van der Waals surface area contributed by atoms with Gasteiger partial charge in [0.15, 0.2) is 5.12 Å². The van der Waals surface area contributed by atoms with Gasteiger partial charge in [-0.2, -0.15) is 0 Å². The number of amides is 1. The van der Waals surface area contributed by atoms with Crippen molar-refractivity contribution in [2.24, 2.45) is 5.92 Å². The fourth-order valence-corrected chi connectivity index (χ4v) is 2.96. The van der Waals surface area contributed by atoms with Gasteiger partial charge in [0.05, 0.1) is 0 Å². The molecule has 0 saturated carbocycles. The molecule has 0 radical (unpaired) electrons. The highest BCUT2D eigenvalue weighted by Crippen LogP contribution is 2.23. The molecule has 1 aromatic carbocycles. The molecule has 1 fully saturated rings. The molecule has 1 saturated heterocycles. The molecule has 1 amide bonds. The smallest absolute Gasteiger partial charge is 0.223 e. The lowest BCUT2D eigenvalue weighted by molar-refractivity contribution is -0.128. The first-order valence-corrected chi connectivity index (χ1v) is 7.50. The summed E-state index contributed by atoms with van der Waals surface area (Å²) in [5.41, 5.74) is 2.39. The molecule has 102 valence electrons. The van der Waals surface area contributed by atoms with Crippen LogP contribution in [0.25, 0.3) is 0 Å². The Morgan fingerprint density at radius 3 is 2.68 bits per heavy atom. The zero-order valence-electron chi connectivity index (χ0n) is 11.4. The maximum absolute atomic E-state index is 11.9. The predicted molar refractivity (Wildman–Crippen MR) is 77.8 cm³/mol. The monoisotopic (exact) mass is 277 g/mol. The summed E-state index contributed by atoms with van der Waals surface area (Å²) in [6.07, 6.45) is 0.576. The van der Waals surface area contributed by atoms with Crippen molar-refractivity contribution in [3.8, 4) is 0 Å². The van der Waals surface area contributed by atoms with Crippen LogP contribution >= 0.6 is 11.8 Å². The summed E-state index contributed by atoms with van der Waals surface area (Å²) in [7, 11) is 0. The number of nitrogens with zero attached hydrogens (tertiary/aromatic N) is 1. The lowest BCUT2D eigenvalue weighted by Gasteiger charge is -2.16. The molecule has 0 spiro atoms. The van der Waals surface area contributed by atoms with Crippen LogP contribution in [-0.4, -0.2) is 28.2 Å². The van der Waals surface area contributed by atoms with E-state index in [-0.39, 0.29) is 11.0 Å². The van der Waals surface area contributed by atoms with Gasteiger partial charge in [-0.1, -0.05) is 41.6 Å². The third-order valence-corrected chi connectivity index (χ3v) is 4.36. The quantitative estimate of drug-likeness (QED) is 0.849. The number of benzene rings is 1. The second-order valence-corrected chi connectivity index (χ2v) is 6.33. The number of carbonyl (C=O) groups is 2. The van der Waals surface area contributed by atoms with Crippen LogP contribution in [-0.2, 0) is 16.1 Å². The van der Waals surface area contributed by atoms with Gasteiger partial charge < -0.3 is 4.90 Å². The van der Waals surface area contributed by atoms with Crippen LogP contribution in [0.3, 0.4) is 0 Å². The summed E-state index contributed by atoms with van der Waals surface area (Å²) < 4.78 is 0. The van der Waals surface area contributed by atoms with Crippen LogP contribution in [0.5, 0.6) is 0 Å². The van der Waals surface area contributed by atoms with Crippen LogP contribution in [0.1, 0.15) is 24.5 Å². The van der Waals surface area contributed by atoms with E-state index in [4.69, 9.17) is 0 Å². The van der Waals surface area contributed by atoms with Gasteiger partial charge in [0.1, 0.15) is 0 Å². The molecule has 0 aromatic heterocycles. The second-order valence-electron chi connectivity index (χ2n) is 5.13. The molecular weight excluding hydrogens is 258 g/mol. The average molecular weight is 277 g/mol. The first kappa shape index (κ1) is 14.1. The minimum atomic E-state index is 0.129. The Bertz CT molecular complexity index is 470. The third-order valence-electron chi connectivity index (χ3n) is 3.31. The van der Waals surface area contributed by atoms with Crippen molar-refractivity contribution in [1.29, 1.82) is 0 Å². The predicted octanol–water partition coefficient (Wildman–Crippen LogP) is 2.62. The van der Waals surface area contributed by atoms with E-state index in [9.17, 15) is 9.59 Å². The van der Waals surface area contributed by atoms with Crippen molar-refractivity contribution >= 4 is 22.8 Å². The molecule has 4 heteroatoms. The van der Waals surface area contributed by atoms with Crippen LogP contribution in [0.15, 0.2) is 24.3 Å². The van der Waals surface area contributed by atoms with Crippen molar-refractivity contribution in [2.75, 3.05) is 12.3 Å². The molecule has 0 aliphatic carbocycles. The van der Waals surface area contributed by atoms with Crippen molar-refractivity contribution < 1.29 is 9.59 Å². The highest BCUT2D eigenvalue weighted by Gasteiger charge is 2.29. The molecule has 1 heterocycles. The maximum Gasteiger partial charge on any atom is 0.223 e. The lowest BCUT2D eigenvalue weighted by atomic mass is 10.1. The van der Waals surface area contributed by atoms with E-state index in [1.807, 2.05) is 4.90 Å². The van der Waals surface area contributed by atoms with Crippen LogP contribution in [0.4, 0.5) is 0 Å². The molecule has 1 unspecified atom stereocenters. The van der Waals surface area contributed by atoms with E-state index in [0.29, 0.717) is 18.9 Å². The summed E-state index contributed by atoms with van der Waals surface area (Å²) in [5.74, 6) is 1.27. The minimum Gasteiger partial charge on any atom is -0.338 e. The number of carbonyl (C=O) groups excluding carboxylic acids is 2. The molecule has 3 nitrogen and oxygen atoms in total. The Hall–Kier alpha value is -1.29. The Labute approximate surface area is 118 Å². The normalized spacial score (nSPS) is 18.9. The largest absolute Gasteiger partial charge is 0.338 e. The van der Waals surface area contributed by atoms with Crippen LogP contribution in [0.2, 0.25) is 0 Å². The molecule has 0 bridgehead atoms. The van der Waals surface area contributed by atoms with Crippen LogP contribution < -0.4 is 0 Å². The fourth-order valence-electron chi connectivity index (χ4n) is 2.27. The van der Waals surface area contributed by atoms with E-state index in [2.05, 4.69) is 31.2 Å². The Morgan fingerprint density at radius 2 is 2.05 bits per heavy atom. The van der Waals surface area contributed by atoms with Crippen molar-refractivity contribution in [3.63, 3.8) is 0 Å². The summed E-state index contributed by atoms with van der Waals surface area (Å²) >= 11 is 1.32. The number of aryl methyl sites for hydroxylation is 1. The number of hydrogen-bond donors (Lipinski definition) is 0. The summed E-state index contributed by atoms with van der Waals surface area (Å²) in [4.78, 5) is 24.8. The minimum absolute atomic E-state index is 0.129. The molecule has 1 atom stereocenters. The van der Waals surface area contributed by atoms with Crippen LogP contribution in [0, 0.1) is 12.8 Å². The van der Waals surface area contributed by atoms with E-state index < -0.39 is 0 Å². The van der Waals surface area contributed by atoms with Gasteiger partial charge in [0.2, 0.25) is 5.91 Å². The molecule has 1 aromatic rings. The Morgan fingerprint density at radius 1 is 1.37 bits per heavy atom. The van der Waals surface area contributed by atoms with E-state index in [1.165, 1.54) is 22.9 Å². The number of likely N-dealkylation sites (tertiary alicyclic amines) is 1. The highest BCUT2D eigenvalue weighted by atomic mass is 32.2. The van der Waals surface area contributed by atoms with Gasteiger partial charge in [-0.3, -0.25) is 9.59 Å². The Balaban J connectivity index is 1.89. The van der Waals surface area contributed by atoms with Gasteiger partial charge in [-0.05, 0) is 18.4 Å². The first-order valence-electron chi connectivity index (χ1n) is 6.51. The highest BCUT2D eigenvalue weighted by molar-refractivity contribution is 8.13. The molecule has 1 aliphatic heterocycles. The number of rotatable bonds is 4. The van der Waals surface area contributed by atoms with E-state index >= 15 is 0 Å². The summed E-state index contributed by atoms with van der Waals surface area (Å²) in [6.45, 7) is 5.08. The molecule has 19 heavy (non-hydrogen) atoms. The lowest BCUT2D eigenvalue weighted by Crippen LogP contribution is -2.24. The molecule has 0 N–H and O–H groups in total. The zero-order chi connectivity index (χ0) is 13.8. The van der Waals surface area contributed by atoms with Gasteiger partial charge in [0.25, 0.3) is 0 Å². The molecular formula is C15H19NO2S. The second kappa shape index (κ2) is 6.24. The third kappa shape index (κ3) is 4.10. The summed E-state index contributed by atoms with van der Waals surface area (Å²) in [5, 5.41) is 0.129. The van der Waals surface area contributed by atoms with Crippen molar-refractivity contribution in [1.82, 2.24) is 4.90 Å². The number of hydrogen-bond acceptors (Lipinski definition) is 3. The van der Waals surface area contributed by atoms with Crippen molar-refractivity contribution in [3.05, 3.63) is 35.4 Å². The average Bonchev–Trinajstić information content (AvgIpc) is 2.71. The van der Waals surface area contributed by atoms with Gasteiger partial charge in [-0.15, -0.1) is 0 Å². The molecule has 2 rings (SSSR count). The van der Waals surface area contributed by atoms with E-state index in [0.717, 1.165) is 12.3 Å². The fraction of sp³-hybridized carbons (Fsp3) is 0.467. The SMILES string of the molecule is CC(=O)SCC1CC(=O)N(Cc2ccc(C)cc2)C1. The zero-order valence-corrected chi connectivity index (χ0v) is 12.2. The first-order chi connectivity index (χ1) is 9.04. The topological polar surface area (TPSA) is 37.4 Å². The van der Waals surface area contributed by atoms with Gasteiger partial charge in [0, 0.05) is 32.2 Å². The summed E-state index contributed by atoms with van der Waals surface area (Å²) in [6, 6.07) is 8.28. The Kier molecular flexibility index (Phi) is 4.64. The maximum atomic E-state index is 11.9. The number of thioether (sulfide) groups is 1. The van der Waals surface area contributed by atoms with Crippen molar-refractivity contribution in [2.45, 2.75) is 26.8 Å². The van der Waals surface area contributed by atoms with Gasteiger partial charge in [-0.25, -0.2) is 0 Å². The van der Waals surface area contributed by atoms with Gasteiger partial charge >= 0.3 is 0 Å². The molecule has 1 aliphatic rings. The standard InChI is InChI=1S/C15H19NO2S/c1-11-3-5-13(6-4-11)8-16-9-14(7-15(16)18)10-19-12(2)17/h3-6,14H,7-10H2,1-2H3.